The Hall–Kier alpha value is -3.83. The van der Waals surface area contributed by atoms with Gasteiger partial charge in [0.2, 0.25) is 0 Å². The molecule has 0 saturated heterocycles. The molecule has 3 aromatic rings. The average Bonchev–Trinajstić information content (AvgIpc) is 3.27. The number of hydrogen-bond acceptors (Lipinski definition) is 6. The van der Waals surface area contributed by atoms with Crippen LogP contribution in [0.15, 0.2) is 53.7 Å². The van der Waals surface area contributed by atoms with Crippen molar-refractivity contribution in [2.75, 3.05) is 6.54 Å². The fraction of sp³-hybridized carbons (Fsp3) is 0.393. The first-order valence-corrected chi connectivity index (χ1v) is 12.7. The number of aromatic nitrogens is 2. The Morgan fingerprint density at radius 1 is 1.05 bits per heavy atom. The summed E-state index contributed by atoms with van der Waals surface area (Å²) in [5.41, 5.74) is 2.08. The molecule has 1 aromatic heterocycles. The molecule has 3 rings (SSSR count). The largest absolute Gasteiger partial charge is 0.393 e. The van der Waals surface area contributed by atoms with Gasteiger partial charge in [0.25, 0.3) is 11.8 Å². The van der Waals surface area contributed by atoms with Crippen molar-refractivity contribution >= 4 is 11.8 Å². The Morgan fingerprint density at radius 3 is 2.41 bits per heavy atom. The predicted molar refractivity (Wildman–Crippen MR) is 141 cm³/mol. The van der Waals surface area contributed by atoms with E-state index in [1.807, 2.05) is 13.8 Å². The summed E-state index contributed by atoms with van der Waals surface area (Å²) in [5, 5.41) is 25.5. The maximum Gasteiger partial charge on any atom is 0.288 e. The number of hydrogen-bond donors (Lipinski definition) is 3. The highest BCUT2D eigenvalue weighted by Gasteiger charge is 2.26. The summed E-state index contributed by atoms with van der Waals surface area (Å²) in [6.07, 6.45) is -2.32. The van der Waals surface area contributed by atoms with Crippen molar-refractivity contribution in [1.82, 2.24) is 14.9 Å². The van der Waals surface area contributed by atoms with Gasteiger partial charge in [0.15, 0.2) is 0 Å². The van der Waals surface area contributed by atoms with E-state index in [2.05, 4.69) is 15.5 Å². The lowest BCUT2D eigenvalue weighted by molar-refractivity contribution is -0.120. The zero-order valence-corrected chi connectivity index (χ0v) is 21.8. The SMILES string of the molecule is CC(C)c1c(C(=O)NCCc2cccc(F)c2)nc(-c2ccc(F)cc2)n1CC[C@@H](O)C[C@@H](O)CC(=O)N=O. The zero-order chi connectivity index (χ0) is 28.5. The van der Waals surface area contributed by atoms with Crippen LogP contribution in [0.1, 0.15) is 60.8 Å². The molecular weight excluding hydrogens is 510 g/mol. The maximum atomic E-state index is 13.6. The Labute approximate surface area is 224 Å². The molecule has 0 aliphatic carbocycles. The summed E-state index contributed by atoms with van der Waals surface area (Å²) in [6.45, 7) is 4.24. The maximum absolute atomic E-state index is 13.6. The van der Waals surface area contributed by atoms with Crippen LogP contribution in [0.3, 0.4) is 0 Å². The van der Waals surface area contributed by atoms with E-state index in [0.717, 1.165) is 5.56 Å². The van der Waals surface area contributed by atoms with Crippen LogP contribution in [0, 0.1) is 16.5 Å². The summed E-state index contributed by atoms with van der Waals surface area (Å²) in [4.78, 5) is 39.3. The van der Waals surface area contributed by atoms with Gasteiger partial charge in [-0.15, -0.1) is 4.91 Å². The minimum absolute atomic E-state index is 0.144. The van der Waals surface area contributed by atoms with Gasteiger partial charge in [-0.3, -0.25) is 9.59 Å². The van der Waals surface area contributed by atoms with Crippen molar-refractivity contribution in [2.45, 2.75) is 64.2 Å². The van der Waals surface area contributed by atoms with Gasteiger partial charge >= 0.3 is 0 Å². The number of amides is 2. The van der Waals surface area contributed by atoms with E-state index in [0.29, 0.717) is 23.5 Å². The Bertz CT molecular complexity index is 1290. The summed E-state index contributed by atoms with van der Waals surface area (Å²) in [7, 11) is 0. The van der Waals surface area contributed by atoms with Crippen molar-refractivity contribution in [2.24, 2.45) is 5.18 Å². The van der Waals surface area contributed by atoms with Crippen molar-refractivity contribution in [3.05, 3.63) is 82.0 Å². The molecule has 3 N–H and O–H groups in total. The van der Waals surface area contributed by atoms with Crippen LogP contribution >= 0.6 is 0 Å². The monoisotopic (exact) mass is 542 g/mol. The molecule has 1 heterocycles. The first-order chi connectivity index (χ1) is 18.6. The number of benzene rings is 2. The summed E-state index contributed by atoms with van der Waals surface area (Å²) in [5.74, 6) is -1.96. The Morgan fingerprint density at radius 2 is 1.77 bits per heavy atom. The van der Waals surface area contributed by atoms with Gasteiger partial charge in [-0.25, -0.2) is 13.8 Å². The fourth-order valence-electron chi connectivity index (χ4n) is 4.39. The van der Waals surface area contributed by atoms with Crippen molar-refractivity contribution in [3.63, 3.8) is 0 Å². The highest BCUT2D eigenvalue weighted by atomic mass is 19.1. The quantitative estimate of drug-likeness (QED) is 0.278. The summed E-state index contributed by atoms with van der Waals surface area (Å²) < 4.78 is 28.9. The van der Waals surface area contributed by atoms with Crippen molar-refractivity contribution in [3.8, 4) is 11.4 Å². The molecule has 0 unspecified atom stereocenters. The number of imidazole rings is 1. The lowest BCUT2D eigenvalue weighted by Crippen LogP contribution is -2.27. The molecular formula is C28H32F2N4O5. The van der Waals surface area contributed by atoms with Crippen molar-refractivity contribution in [1.29, 1.82) is 0 Å². The number of nitrogens with one attached hydrogen (secondary N) is 1. The molecule has 0 aliphatic heterocycles. The lowest BCUT2D eigenvalue weighted by atomic mass is 10.0. The fourth-order valence-corrected chi connectivity index (χ4v) is 4.39. The van der Waals surface area contributed by atoms with Gasteiger partial charge in [-0.1, -0.05) is 26.0 Å². The normalized spacial score (nSPS) is 12.8. The van der Waals surface area contributed by atoms with Gasteiger partial charge < -0.3 is 20.1 Å². The van der Waals surface area contributed by atoms with E-state index < -0.39 is 36.3 Å². The first-order valence-electron chi connectivity index (χ1n) is 12.7. The van der Waals surface area contributed by atoms with Crippen LogP contribution in [0.2, 0.25) is 0 Å². The van der Waals surface area contributed by atoms with Crippen LogP contribution in [-0.2, 0) is 17.8 Å². The van der Waals surface area contributed by atoms with Gasteiger partial charge in [0.1, 0.15) is 23.2 Å². The molecule has 0 bridgehead atoms. The third-order valence-electron chi connectivity index (χ3n) is 6.20. The Kier molecular flexibility index (Phi) is 10.5. The summed E-state index contributed by atoms with van der Waals surface area (Å²) in [6, 6.07) is 11.8. The van der Waals surface area contributed by atoms with Crippen LogP contribution in [0.5, 0.6) is 0 Å². The number of rotatable bonds is 13. The number of carbonyl (C=O) groups excluding carboxylic acids is 2. The standard InChI is InChI=1S/C28H32F2N4O5/c1-17(2)26-25(28(38)31-12-10-18-4-3-5-21(30)14-18)32-27(19-6-8-20(29)9-7-19)34(26)13-11-22(35)15-23(36)16-24(37)33-39/h3-9,14,17,22-23,35-36H,10-13,15-16H2,1-2H3,(H,31,38)/t22-,23-/m1/s1. The third kappa shape index (κ3) is 8.33. The molecule has 208 valence electrons. The second-order valence-corrected chi connectivity index (χ2v) is 9.64. The van der Waals surface area contributed by atoms with E-state index in [4.69, 9.17) is 0 Å². The molecule has 11 heteroatoms. The third-order valence-corrected chi connectivity index (χ3v) is 6.20. The number of aliphatic hydroxyl groups excluding tert-OH is 2. The molecule has 2 aromatic carbocycles. The molecule has 0 radical (unpaired) electrons. The molecule has 2 atom stereocenters. The van der Waals surface area contributed by atoms with Gasteiger partial charge in [0.05, 0.1) is 24.3 Å². The number of aliphatic hydroxyl groups is 2. The van der Waals surface area contributed by atoms with E-state index in [1.54, 1.807) is 28.8 Å². The molecule has 0 spiro atoms. The molecule has 0 aliphatic rings. The Balaban J connectivity index is 1.84. The van der Waals surface area contributed by atoms with Gasteiger partial charge in [-0.05, 0) is 67.1 Å². The van der Waals surface area contributed by atoms with E-state index >= 15 is 0 Å². The second-order valence-electron chi connectivity index (χ2n) is 9.64. The minimum Gasteiger partial charge on any atom is -0.393 e. The molecule has 0 saturated carbocycles. The van der Waals surface area contributed by atoms with E-state index in [9.17, 15) is 33.5 Å². The van der Waals surface area contributed by atoms with Crippen LogP contribution in [-0.4, -0.2) is 50.3 Å². The second kappa shape index (κ2) is 13.8. The lowest BCUT2D eigenvalue weighted by Gasteiger charge is -2.19. The van der Waals surface area contributed by atoms with Crippen LogP contribution in [0.25, 0.3) is 11.4 Å². The molecule has 9 nitrogen and oxygen atoms in total. The predicted octanol–water partition coefficient (Wildman–Crippen LogP) is 4.11. The van der Waals surface area contributed by atoms with Crippen molar-refractivity contribution < 1.29 is 28.6 Å². The number of halogens is 2. The first kappa shape index (κ1) is 29.7. The number of carbonyl (C=O) groups is 2. The highest BCUT2D eigenvalue weighted by molar-refractivity contribution is 5.94. The zero-order valence-electron chi connectivity index (χ0n) is 21.8. The topological polar surface area (TPSA) is 134 Å². The van der Waals surface area contributed by atoms with Gasteiger partial charge in [0, 0.05) is 23.8 Å². The highest BCUT2D eigenvalue weighted by Crippen LogP contribution is 2.29. The van der Waals surface area contributed by atoms with E-state index in [1.165, 1.54) is 24.3 Å². The number of nitroso groups, excluding NO2 is 1. The molecule has 0 fully saturated rings. The smallest absolute Gasteiger partial charge is 0.288 e. The average molecular weight is 543 g/mol. The molecule has 2 amide bonds. The summed E-state index contributed by atoms with van der Waals surface area (Å²) >= 11 is 0. The number of nitrogens with zero attached hydrogens (tertiary/aromatic N) is 3. The van der Waals surface area contributed by atoms with Crippen LogP contribution in [0.4, 0.5) is 8.78 Å². The van der Waals surface area contributed by atoms with Gasteiger partial charge in [-0.2, -0.15) is 0 Å². The minimum atomic E-state index is -1.23. The molecule has 39 heavy (non-hydrogen) atoms. The van der Waals surface area contributed by atoms with Crippen LogP contribution < -0.4 is 5.32 Å². The van der Waals surface area contributed by atoms with E-state index in [-0.39, 0.29) is 43.4 Å².